The fraction of sp³-hybridized carbons (Fsp3) is 0.467. The number of esters is 1. The lowest BCUT2D eigenvalue weighted by molar-refractivity contribution is -0.140. The number of hydrogen-bond acceptors (Lipinski definition) is 4. The van der Waals surface area contributed by atoms with Gasteiger partial charge in [-0.3, -0.25) is 9.59 Å². The van der Waals surface area contributed by atoms with E-state index in [-0.39, 0.29) is 11.9 Å². The van der Waals surface area contributed by atoms with E-state index in [4.69, 9.17) is 23.2 Å². The molecule has 0 spiro atoms. The summed E-state index contributed by atoms with van der Waals surface area (Å²) >= 11 is 13.3. The molecule has 0 heterocycles. The number of unbranched alkanes of at least 4 members (excludes halogenated alkanes) is 2. The number of carbonyl (C=O) groups excluding carboxylic acids is 2. The van der Waals surface area contributed by atoms with Gasteiger partial charge in [0.25, 0.3) is 0 Å². The first-order valence-electron chi connectivity index (χ1n) is 6.94. The van der Waals surface area contributed by atoms with E-state index in [0.29, 0.717) is 28.8 Å². The van der Waals surface area contributed by atoms with Crippen LogP contribution in [0, 0.1) is 0 Å². The smallest absolute Gasteiger partial charge is 0.305 e. The van der Waals surface area contributed by atoms with Gasteiger partial charge in [-0.25, -0.2) is 0 Å². The van der Waals surface area contributed by atoms with Gasteiger partial charge in [0.05, 0.1) is 17.9 Å². The van der Waals surface area contributed by atoms with Gasteiger partial charge < -0.3 is 10.1 Å². The Hall–Kier alpha value is -0.910. The van der Waals surface area contributed by atoms with Crippen LogP contribution in [-0.2, 0) is 14.3 Å². The summed E-state index contributed by atoms with van der Waals surface area (Å²) in [6.45, 7) is 0.601. The SMILES string of the molecule is COC(=O)CCCCCNC(=O)CSc1cc(Cl)ccc1Cl. The number of nitrogens with one attached hydrogen (secondary N) is 1. The Labute approximate surface area is 144 Å². The third-order valence-corrected chi connectivity index (χ3v) is 4.59. The fourth-order valence-corrected chi connectivity index (χ4v) is 3.01. The molecular formula is C15H19Cl2NO3S. The number of hydrogen-bond donors (Lipinski definition) is 1. The zero-order valence-corrected chi connectivity index (χ0v) is 14.7. The van der Waals surface area contributed by atoms with Gasteiger partial charge in [0.15, 0.2) is 0 Å². The van der Waals surface area contributed by atoms with Crippen LogP contribution in [0.25, 0.3) is 0 Å². The number of carbonyl (C=O) groups is 2. The van der Waals surface area contributed by atoms with Crippen molar-refractivity contribution in [3.8, 4) is 0 Å². The van der Waals surface area contributed by atoms with Crippen LogP contribution in [0.4, 0.5) is 0 Å². The monoisotopic (exact) mass is 363 g/mol. The van der Waals surface area contributed by atoms with Crippen molar-refractivity contribution >= 4 is 46.8 Å². The average molecular weight is 364 g/mol. The van der Waals surface area contributed by atoms with Crippen molar-refractivity contribution in [2.75, 3.05) is 19.4 Å². The quantitative estimate of drug-likeness (QED) is 0.410. The summed E-state index contributed by atoms with van der Waals surface area (Å²) in [6, 6.07) is 5.17. The number of halogens is 2. The lowest BCUT2D eigenvalue weighted by Gasteiger charge is -2.06. The first kappa shape index (κ1) is 19.1. The van der Waals surface area contributed by atoms with Crippen molar-refractivity contribution in [1.29, 1.82) is 0 Å². The minimum atomic E-state index is -0.196. The largest absolute Gasteiger partial charge is 0.469 e. The van der Waals surface area contributed by atoms with E-state index < -0.39 is 0 Å². The molecule has 22 heavy (non-hydrogen) atoms. The zero-order chi connectivity index (χ0) is 16.4. The molecule has 0 aliphatic heterocycles. The molecule has 0 saturated carbocycles. The summed E-state index contributed by atoms with van der Waals surface area (Å²) in [7, 11) is 1.38. The molecule has 0 radical (unpaired) electrons. The normalized spacial score (nSPS) is 10.3. The Morgan fingerprint density at radius 2 is 2.00 bits per heavy atom. The average Bonchev–Trinajstić information content (AvgIpc) is 2.51. The van der Waals surface area contributed by atoms with E-state index in [1.165, 1.54) is 18.9 Å². The van der Waals surface area contributed by atoms with Crippen molar-refractivity contribution < 1.29 is 14.3 Å². The molecule has 122 valence electrons. The van der Waals surface area contributed by atoms with Crippen molar-refractivity contribution in [3.05, 3.63) is 28.2 Å². The van der Waals surface area contributed by atoms with Gasteiger partial charge in [0.2, 0.25) is 5.91 Å². The van der Waals surface area contributed by atoms with E-state index in [2.05, 4.69) is 10.1 Å². The van der Waals surface area contributed by atoms with Gasteiger partial charge in [-0.2, -0.15) is 0 Å². The summed E-state index contributed by atoms with van der Waals surface area (Å²) in [5.74, 6) is 0.0511. The predicted molar refractivity (Wildman–Crippen MR) is 90.7 cm³/mol. The third-order valence-electron chi connectivity index (χ3n) is 2.86. The zero-order valence-electron chi connectivity index (χ0n) is 12.4. The highest BCUT2D eigenvalue weighted by Gasteiger charge is 2.06. The minimum Gasteiger partial charge on any atom is -0.469 e. The molecule has 1 rings (SSSR count). The maximum absolute atomic E-state index is 11.7. The Balaban J connectivity index is 2.13. The summed E-state index contributed by atoms with van der Waals surface area (Å²) in [5.41, 5.74) is 0. The number of ether oxygens (including phenoxy) is 1. The van der Waals surface area contributed by atoms with Gasteiger partial charge in [0.1, 0.15) is 0 Å². The second-order valence-electron chi connectivity index (χ2n) is 4.60. The molecule has 0 aliphatic carbocycles. The molecule has 1 amide bonds. The molecule has 7 heteroatoms. The Morgan fingerprint density at radius 1 is 1.23 bits per heavy atom. The van der Waals surface area contributed by atoms with E-state index in [1.54, 1.807) is 18.2 Å². The van der Waals surface area contributed by atoms with Crippen LogP contribution in [0.15, 0.2) is 23.1 Å². The van der Waals surface area contributed by atoms with Gasteiger partial charge in [-0.1, -0.05) is 29.6 Å². The highest BCUT2D eigenvalue weighted by Crippen LogP contribution is 2.29. The maximum atomic E-state index is 11.7. The lowest BCUT2D eigenvalue weighted by atomic mass is 10.2. The van der Waals surface area contributed by atoms with Crippen LogP contribution < -0.4 is 5.32 Å². The minimum absolute atomic E-state index is 0.0472. The van der Waals surface area contributed by atoms with E-state index >= 15 is 0 Å². The summed E-state index contributed by atoms with van der Waals surface area (Å²) in [4.78, 5) is 23.4. The molecule has 0 aromatic heterocycles. The Bertz CT molecular complexity index is 512. The molecule has 0 unspecified atom stereocenters. The van der Waals surface area contributed by atoms with Crippen LogP contribution in [0.5, 0.6) is 0 Å². The first-order chi connectivity index (χ1) is 10.5. The number of rotatable bonds is 9. The molecule has 0 bridgehead atoms. The third kappa shape index (κ3) is 7.92. The van der Waals surface area contributed by atoms with E-state index in [0.717, 1.165) is 24.2 Å². The van der Waals surface area contributed by atoms with Crippen LogP contribution in [-0.4, -0.2) is 31.3 Å². The molecule has 0 atom stereocenters. The fourth-order valence-electron chi connectivity index (χ4n) is 1.68. The molecule has 0 saturated heterocycles. The standard InChI is InChI=1S/C15H19Cl2NO3S/c1-21-15(20)5-3-2-4-8-18-14(19)10-22-13-9-11(16)6-7-12(13)17/h6-7,9H,2-5,8,10H2,1H3,(H,18,19). The molecule has 4 nitrogen and oxygen atoms in total. The van der Waals surface area contributed by atoms with Crippen LogP contribution in [0.1, 0.15) is 25.7 Å². The number of benzene rings is 1. The first-order valence-corrected chi connectivity index (χ1v) is 8.68. The molecule has 0 fully saturated rings. The van der Waals surface area contributed by atoms with Gasteiger partial charge in [-0.05, 0) is 31.0 Å². The summed E-state index contributed by atoms with van der Waals surface area (Å²) < 4.78 is 4.56. The highest BCUT2D eigenvalue weighted by atomic mass is 35.5. The molecular weight excluding hydrogens is 345 g/mol. The molecule has 1 aromatic rings. The van der Waals surface area contributed by atoms with Crippen molar-refractivity contribution in [1.82, 2.24) is 5.32 Å². The summed E-state index contributed by atoms with van der Waals surface area (Å²) in [5, 5.41) is 4.02. The van der Waals surface area contributed by atoms with Crippen molar-refractivity contribution in [2.24, 2.45) is 0 Å². The highest BCUT2D eigenvalue weighted by molar-refractivity contribution is 8.00. The number of methoxy groups -OCH3 is 1. The topological polar surface area (TPSA) is 55.4 Å². The van der Waals surface area contributed by atoms with Crippen molar-refractivity contribution in [3.63, 3.8) is 0 Å². The molecule has 1 aromatic carbocycles. The second kappa shape index (κ2) is 10.8. The van der Waals surface area contributed by atoms with Gasteiger partial charge in [0, 0.05) is 22.9 Å². The van der Waals surface area contributed by atoms with E-state index in [1.807, 2.05) is 0 Å². The molecule has 0 aliphatic rings. The molecule has 1 N–H and O–H groups in total. The van der Waals surface area contributed by atoms with Crippen LogP contribution >= 0.6 is 35.0 Å². The number of thioether (sulfide) groups is 1. The Morgan fingerprint density at radius 3 is 2.73 bits per heavy atom. The van der Waals surface area contributed by atoms with E-state index in [9.17, 15) is 9.59 Å². The van der Waals surface area contributed by atoms with Gasteiger partial charge in [-0.15, -0.1) is 11.8 Å². The Kier molecular flexibility index (Phi) is 9.36. The number of amides is 1. The van der Waals surface area contributed by atoms with Crippen LogP contribution in [0.2, 0.25) is 10.0 Å². The summed E-state index contributed by atoms with van der Waals surface area (Å²) in [6.07, 6.45) is 2.91. The van der Waals surface area contributed by atoms with Gasteiger partial charge >= 0.3 is 5.97 Å². The lowest BCUT2D eigenvalue weighted by Crippen LogP contribution is -2.26. The van der Waals surface area contributed by atoms with Crippen molar-refractivity contribution in [2.45, 2.75) is 30.6 Å². The second-order valence-corrected chi connectivity index (χ2v) is 6.46. The predicted octanol–water partition coefficient (Wildman–Crippen LogP) is 3.94. The maximum Gasteiger partial charge on any atom is 0.305 e. The van der Waals surface area contributed by atoms with Crippen LogP contribution in [0.3, 0.4) is 0 Å².